The van der Waals surface area contributed by atoms with Crippen molar-refractivity contribution in [1.82, 2.24) is 0 Å². The molecule has 4 aliphatic carbocycles. The molecular weight excluding hydrogens is 288 g/mol. The maximum absolute atomic E-state index is 2.54. The summed E-state index contributed by atoms with van der Waals surface area (Å²) < 4.78 is 0. The smallest absolute Gasteiger partial charge is 0.00679 e. The van der Waals surface area contributed by atoms with Crippen molar-refractivity contribution in [3.05, 3.63) is 87.1 Å². The van der Waals surface area contributed by atoms with Crippen LogP contribution in [0.25, 0.3) is 6.08 Å². The van der Waals surface area contributed by atoms with Gasteiger partial charge in [-0.3, -0.25) is 0 Å². The molecule has 0 bridgehead atoms. The third-order valence-corrected chi connectivity index (χ3v) is 6.22. The molecule has 0 radical (unpaired) electrons. The number of allylic oxidation sites excluding steroid dienone is 9. The van der Waals surface area contributed by atoms with Crippen LogP contribution in [0.5, 0.6) is 0 Å². The van der Waals surface area contributed by atoms with E-state index in [4.69, 9.17) is 0 Å². The summed E-state index contributed by atoms with van der Waals surface area (Å²) in [7, 11) is 0. The summed E-state index contributed by atoms with van der Waals surface area (Å²) in [6.45, 7) is 2.31. The normalized spacial score (nSPS) is 24.6. The average Bonchev–Trinajstić information content (AvgIpc) is 3.15. The Balaban J connectivity index is 1.47. The van der Waals surface area contributed by atoms with Gasteiger partial charge in [0.25, 0.3) is 0 Å². The third-order valence-electron chi connectivity index (χ3n) is 6.22. The molecule has 0 saturated carbocycles. The number of hydrogen-bond donors (Lipinski definition) is 0. The maximum atomic E-state index is 2.54. The van der Waals surface area contributed by atoms with Gasteiger partial charge in [0.2, 0.25) is 0 Å². The highest BCUT2D eigenvalue weighted by Gasteiger charge is 2.28. The minimum atomic E-state index is 0.543. The summed E-state index contributed by atoms with van der Waals surface area (Å²) in [4.78, 5) is 0. The number of fused-ring (bicyclic) bond motifs is 2. The minimum absolute atomic E-state index is 0.543. The highest BCUT2D eigenvalue weighted by molar-refractivity contribution is 5.67. The third kappa shape index (κ3) is 2.20. The second kappa shape index (κ2) is 5.48. The summed E-state index contributed by atoms with van der Waals surface area (Å²) in [5, 5.41) is 0. The van der Waals surface area contributed by atoms with Gasteiger partial charge in [0.1, 0.15) is 0 Å². The van der Waals surface area contributed by atoms with Crippen LogP contribution < -0.4 is 0 Å². The van der Waals surface area contributed by atoms with Gasteiger partial charge in [-0.15, -0.1) is 0 Å². The van der Waals surface area contributed by atoms with Crippen LogP contribution in [0.2, 0.25) is 0 Å². The summed E-state index contributed by atoms with van der Waals surface area (Å²) in [6.07, 6.45) is 17.4. The van der Waals surface area contributed by atoms with E-state index in [2.05, 4.69) is 55.5 Å². The van der Waals surface area contributed by atoms with Crippen molar-refractivity contribution in [2.75, 3.05) is 0 Å². The molecule has 4 aliphatic rings. The lowest BCUT2D eigenvalue weighted by Gasteiger charge is -2.26. The van der Waals surface area contributed by atoms with E-state index < -0.39 is 0 Å². The molecule has 0 spiro atoms. The Morgan fingerprint density at radius 1 is 1.04 bits per heavy atom. The Kier molecular flexibility index (Phi) is 3.26. The van der Waals surface area contributed by atoms with Gasteiger partial charge in [-0.2, -0.15) is 0 Å². The quantitative estimate of drug-likeness (QED) is 0.574. The molecule has 1 aromatic rings. The molecule has 1 unspecified atom stereocenters. The first-order chi connectivity index (χ1) is 11.8. The topological polar surface area (TPSA) is 0 Å². The van der Waals surface area contributed by atoms with Crippen LogP contribution in [-0.4, -0.2) is 0 Å². The van der Waals surface area contributed by atoms with E-state index in [0.29, 0.717) is 5.92 Å². The monoisotopic (exact) mass is 312 g/mol. The molecular formula is C24H24. The van der Waals surface area contributed by atoms with E-state index in [1.807, 2.05) is 0 Å². The van der Waals surface area contributed by atoms with Gasteiger partial charge in [-0.1, -0.05) is 54.1 Å². The summed E-state index contributed by atoms with van der Waals surface area (Å²) >= 11 is 0. The van der Waals surface area contributed by atoms with Gasteiger partial charge < -0.3 is 0 Å². The average molecular weight is 312 g/mol. The van der Waals surface area contributed by atoms with Crippen molar-refractivity contribution in [2.45, 2.75) is 51.4 Å². The predicted molar refractivity (Wildman–Crippen MR) is 102 cm³/mol. The SMILES string of the molecule is CC1=C(CC2C=Cc3ccccc32)C2=CC3=C(CCCC3)CC2=C1. The molecule has 1 aromatic carbocycles. The molecule has 1 atom stereocenters. The number of hydrogen-bond acceptors (Lipinski definition) is 0. The molecule has 0 nitrogen and oxygen atoms in total. The number of rotatable bonds is 2. The van der Waals surface area contributed by atoms with Gasteiger partial charge in [0.15, 0.2) is 0 Å². The van der Waals surface area contributed by atoms with Crippen molar-refractivity contribution >= 4 is 6.08 Å². The second-order valence-electron chi connectivity index (χ2n) is 7.70. The van der Waals surface area contributed by atoms with Gasteiger partial charge in [-0.05, 0) is 84.4 Å². The van der Waals surface area contributed by atoms with Crippen LogP contribution in [0.1, 0.15) is 62.5 Å². The van der Waals surface area contributed by atoms with Gasteiger partial charge in [0, 0.05) is 5.92 Å². The van der Waals surface area contributed by atoms with Crippen LogP contribution in [0, 0.1) is 0 Å². The Labute approximate surface area is 145 Å². The summed E-state index contributed by atoms with van der Waals surface area (Å²) in [5.74, 6) is 0.543. The van der Waals surface area contributed by atoms with E-state index in [9.17, 15) is 0 Å². The zero-order valence-corrected chi connectivity index (χ0v) is 14.4. The summed E-state index contributed by atoms with van der Waals surface area (Å²) in [5.41, 5.74) is 12.5. The van der Waals surface area contributed by atoms with Crippen molar-refractivity contribution < 1.29 is 0 Å². The van der Waals surface area contributed by atoms with Crippen molar-refractivity contribution in [3.63, 3.8) is 0 Å². The van der Waals surface area contributed by atoms with Crippen molar-refractivity contribution in [3.8, 4) is 0 Å². The molecule has 0 aromatic heterocycles. The number of benzene rings is 1. The lowest BCUT2D eigenvalue weighted by atomic mass is 9.79. The molecule has 0 heteroatoms. The van der Waals surface area contributed by atoms with Crippen molar-refractivity contribution in [2.24, 2.45) is 0 Å². The van der Waals surface area contributed by atoms with Crippen molar-refractivity contribution in [1.29, 1.82) is 0 Å². The highest BCUT2D eigenvalue weighted by atomic mass is 14.3. The van der Waals surface area contributed by atoms with E-state index in [1.165, 1.54) is 48.8 Å². The largest absolute Gasteiger partial charge is 0.0760 e. The maximum Gasteiger partial charge on any atom is 0.00679 e. The van der Waals surface area contributed by atoms with E-state index in [1.54, 1.807) is 27.9 Å². The van der Waals surface area contributed by atoms with E-state index in [0.717, 1.165) is 6.42 Å². The molecule has 0 saturated heterocycles. The van der Waals surface area contributed by atoms with Gasteiger partial charge in [0.05, 0.1) is 0 Å². The lowest BCUT2D eigenvalue weighted by molar-refractivity contribution is 0.664. The molecule has 0 fully saturated rings. The first-order valence-corrected chi connectivity index (χ1v) is 9.40. The van der Waals surface area contributed by atoms with Crippen LogP contribution in [-0.2, 0) is 0 Å². The fourth-order valence-electron chi connectivity index (χ4n) is 4.92. The van der Waals surface area contributed by atoms with Gasteiger partial charge in [-0.25, -0.2) is 0 Å². The molecule has 0 heterocycles. The first kappa shape index (κ1) is 14.3. The Morgan fingerprint density at radius 3 is 2.88 bits per heavy atom. The Hall–Kier alpha value is -2.08. The van der Waals surface area contributed by atoms with Crippen LogP contribution in [0.15, 0.2) is 75.9 Å². The summed E-state index contributed by atoms with van der Waals surface area (Å²) in [6, 6.07) is 8.87. The molecule has 0 aliphatic heterocycles. The van der Waals surface area contributed by atoms with Crippen LogP contribution in [0.3, 0.4) is 0 Å². The zero-order chi connectivity index (χ0) is 16.1. The predicted octanol–water partition coefficient (Wildman–Crippen LogP) is 6.64. The Bertz CT molecular complexity index is 867. The van der Waals surface area contributed by atoms with Gasteiger partial charge >= 0.3 is 0 Å². The molecule has 120 valence electrons. The standard InChI is InChI=1S/C24H24/c1-16-12-21-13-18-7-2-3-8-19(18)14-24(21)23(16)15-20-11-10-17-6-4-5-9-22(17)20/h4-6,9-12,14,20H,2-3,7-8,13,15H2,1H3. The molecule has 24 heavy (non-hydrogen) atoms. The lowest BCUT2D eigenvalue weighted by Crippen LogP contribution is -2.07. The molecule has 0 N–H and O–H groups in total. The van der Waals surface area contributed by atoms with Crippen LogP contribution >= 0.6 is 0 Å². The molecule has 5 rings (SSSR count). The fourth-order valence-corrected chi connectivity index (χ4v) is 4.92. The molecule has 0 amide bonds. The minimum Gasteiger partial charge on any atom is -0.0760 e. The Morgan fingerprint density at radius 2 is 1.92 bits per heavy atom. The van der Waals surface area contributed by atoms with E-state index >= 15 is 0 Å². The van der Waals surface area contributed by atoms with Crippen LogP contribution in [0.4, 0.5) is 0 Å². The van der Waals surface area contributed by atoms with E-state index in [-0.39, 0.29) is 0 Å². The first-order valence-electron chi connectivity index (χ1n) is 9.40. The second-order valence-corrected chi connectivity index (χ2v) is 7.70. The zero-order valence-electron chi connectivity index (χ0n) is 14.4. The highest BCUT2D eigenvalue weighted by Crippen LogP contribution is 2.47. The fraction of sp³-hybridized carbons (Fsp3) is 0.333.